The van der Waals surface area contributed by atoms with E-state index < -0.39 is 11.7 Å². The number of pyridine rings is 1. The molecule has 0 aliphatic rings. The first-order chi connectivity index (χ1) is 10.8. The second-order valence-electron chi connectivity index (χ2n) is 5.61. The number of amides is 1. The summed E-state index contributed by atoms with van der Waals surface area (Å²) in [6.45, 7) is 4.54. The highest BCUT2D eigenvalue weighted by atomic mass is 19.4. The van der Waals surface area contributed by atoms with E-state index in [1.165, 1.54) is 0 Å². The lowest BCUT2D eigenvalue weighted by molar-refractivity contribution is -0.137. The summed E-state index contributed by atoms with van der Waals surface area (Å²) in [7, 11) is 0. The minimum absolute atomic E-state index is 0.206. The van der Waals surface area contributed by atoms with E-state index in [-0.39, 0.29) is 11.6 Å². The number of hydrogen-bond acceptors (Lipinski definition) is 2. The van der Waals surface area contributed by atoms with Crippen molar-refractivity contribution in [2.24, 2.45) is 5.92 Å². The van der Waals surface area contributed by atoms with Gasteiger partial charge in [-0.15, -0.1) is 0 Å². The number of carbonyl (C=O) groups is 1. The Morgan fingerprint density at radius 3 is 2.39 bits per heavy atom. The van der Waals surface area contributed by atoms with Crippen LogP contribution in [0.5, 0.6) is 0 Å². The largest absolute Gasteiger partial charge is 0.416 e. The van der Waals surface area contributed by atoms with E-state index in [1.54, 1.807) is 24.3 Å². The second kappa shape index (κ2) is 6.81. The lowest BCUT2D eigenvalue weighted by Crippen LogP contribution is -2.27. The standard InChI is InChI=1S/C17H17F3N2O/c1-11(2)10-22-16(23)13-5-3-12(4-6-13)15-9-14(7-8-21-15)17(18,19)20/h3-9,11H,10H2,1-2H3,(H,22,23). The van der Waals surface area contributed by atoms with Crippen LogP contribution in [0.1, 0.15) is 29.8 Å². The molecule has 6 heteroatoms. The van der Waals surface area contributed by atoms with Gasteiger partial charge in [-0.3, -0.25) is 9.78 Å². The number of alkyl halides is 3. The van der Waals surface area contributed by atoms with Gasteiger partial charge in [0.25, 0.3) is 5.91 Å². The lowest BCUT2D eigenvalue weighted by atomic mass is 10.1. The molecule has 0 saturated heterocycles. The van der Waals surface area contributed by atoms with Gasteiger partial charge in [0.2, 0.25) is 0 Å². The summed E-state index contributed by atoms with van der Waals surface area (Å²) in [5.74, 6) is 0.134. The monoisotopic (exact) mass is 322 g/mol. The third kappa shape index (κ3) is 4.55. The fourth-order valence-corrected chi connectivity index (χ4v) is 1.96. The summed E-state index contributed by atoms with van der Waals surface area (Å²) in [4.78, 5) is 15.9. The van der Waals surface area contributed by atoms with Crippen molar-refractivity contribution in [3.63, 3.8) is 0 Å². The quantitative estimate of drug-likeness (QED) is 0.918. The molecule has 1 amide bonds. The molecule has 0 saturated carbocycles. The molecule has 0 radical (unpaired) electrons. The van der Waals surface area contributed by atoms with Gasteiger partial charge in [0.1, 0.15) is 0 Å². The van der Waals surface area contributed by atoms with Crippen molar-refractivity contribution in [2.45, 2.75) is 20.0 Å². The zero-order valence-electron chi connectivity index (χ0n) is 12.8. The van der Waals surface area contributed by atoms with Crippen molar-refractivity contribution in [1.29, 1.82) is 0 Å². The SMILES string of the molecule is CC(C)CNC(=O)c1ccc(-c2cc(C(F)(F)F)ccn2)cc1. The Morgan fingerprint density at radius 2 is 1.83 bits per heavy atom. The zero-order valence-corrected chi connectivity index (χ0v) is 12.8. The highest BCUT2D eigenvalue weighted by molar-refractivity contribution is 5.94. The van der Waals surface area contributed by atoms with E-state index in [1.807, 2.05) is 13.8 Å². The molecule has 0 fully saturated rings. The molecule has 1 N–H and O–H groups in total. The first kappa shape index (κ1) is 17.0. The summed E-state index contributed by atoms with van der Waals surface area (Å²) >= 11 is 0. The molecule has 0 aliphatic carbocycles. The van der Waals surface area contributed by atoms with Crippen molar-refractivity contribution < 1.29 is 18.0 Å². The molecule has 0 aliphatic heterocycles. The Kier molecular flexibility index (Phi) is 5.03. The van der Waals surface area contributed by atoms with Crippen LogP contribution >= 0.6 is 0 Å². The van der Waals surface area contributed by atoms with E-state index in [0.717, 1.165) is 18.3 Å². The lowest BCUT2D eigenvalue weighted by Gasteiger charge is -2.09. The zero-order chi connectivity index (χ0) is 17.0. The number of hydrogen-bond donors (Lipinski definition) is 1. The van der Waals surface area contributed by atoms with Crippen LogP contribution in [0.3, 0.4) is 0 Å². The molecule has 1 aromatic carbocycles. The number of benzene rings is 1. The van der Waals surface area contributed by atoms with Gasteiger partial charge in [-0.25, -0.2) is 0 Å². The second-order valence-corrected chi connectivity index (χ2v) is 5.61. The average Bonchev–Trinajstić information content (AvgIpc) is 2.52. The third-order valence-electron chi connectivity index (χ3n) is 3.20. The van der Waals surface area contributed by atoms with E-state index in [4.69, 9.17) is 0 Å². The molecular weight excluding hydrogens is 305 g/mol. The number of carbonyl (C=O) groups excluding carboxylic acids is 1. The Bertz CT molecular complexity index is 679. The van der Waals surface area contributed by atoms with Gasteiger partial charge in [0.15, 0.2) is 0 Å². The Hall–Kier alpha value is -2.37. The van der Waals surface area contributed by atoms with Crippen LogP contribution in [0.4, 0.5) is 13.2 Å². The van der Waals surface area contributed by atoms with Gasteiger partial charge in [0, 0.05) is 23.9 Å². The van der Waals surface area contributed by atoms with Crippen molar-refractivity contribution in [3.05, 3.63) is 53.7 Å². The van der Waals surface area contributed by atoms with Crippen molar-refractivity contribution in [1.82, 2.24) is 10.3 Å². The molecule has 23 heavy (non-hydrogen) atoms. The third-order valence-corrected chi connectivity index (χ3v) is 3.20. The van der Waals surface area contributed by atoms with Crippen LogP contribution < -0.4 is 5.32 Å². The van der Waals surface area contributed by atoms with E-state index >= 15 is 0 Å². The summed E-state index contributed by atoms with van der Waals surface area (Å²) in [6, 6.07) is 8.25. The first-order valence-corrected chi connectivity index (χ1v) is 7.19. The topological polar surface area (TPSA) is 42.0 Å². The van der Waals surface area contributed by atoms with Crippen molar-refractivity contribution in [3.8, 4) is 11.3 Å². The van der Waals surface area contributed by atoms with Crippen LogP contribution in [0, 0.1) is 5.92 Å². The van der Waals surface area contributed by atoms with Crippen LogP contribution in [-0.4, -0.2) is 17.4 Å². The molecule has 2 aromatic rings. The van der Waals surface area contributed by atoms with Crippen LogP contribution in [0.15, 0.2) is 42.6 Å². The Labute approximate surface area is 132 Å². The predicted molar refractivity (Wildman–Crippen MR) is 81.8 cm³/mol. The van der Waals surface area contributed by atoms with Gasteiger partial charge in [0.05, 0.1) is 11.3 Å². The van der Waals surface area contributed by atoms with Crippen LogP contribution in [0.25, 0.3) is 11.3 Å². The molecule has 1 aromatic heterocycles. The van der Waals surface area contributed by atoms with Gasteiger partial charge >= 0.3 is 6.18 Å². The summed E-state index contributed by atoms with van der Waals surface area (Å²) in [5, 5.41) is 2.78. The fraction of sp³-hybridized carbons (Fsp3) is 0.294. The molecule has 0 atom stereocenters. The summed E-state index contributed by atoms with van der Waals surface area (Å²) in [6.07, 6.45) is -3.28. The molecule has 1 heterocycles. The summed E-state index contributed by atoms with van der Waals surface area (Å²) in [5.41, 5.74) is 0.452. The van der Waals surface area contributed by atoms with E-state index in [2.05, 4.69) is 10.3 Å². The fourth-order valence-electron chi connectivity index (χ4n) is 1.96. The average molecular weight is 322 g/mol. The number of aromatic nitrogens is 1. The molecule has 0 bridgehead atoms. The predicted octanol–water partition coefficient (Wildman–Crippen LogP) is 4.15. The maximum absolute atomic E-state index is 12.7. The van der Waals surface area contributed by atoms with Gasteiger partial charge in [-0.05, 0) is 30.2 Å². The molecule has 2 rings (SSSR count). The van der Waals surface area contributed by atoms with Crippen LogP contribution in [0.2, 0.25) is 0 Å². The van der Waals surface area contributed by atoms with Gasteiger partial charge < -0.3 is 5.32 Å². The van der Waals surface area contributed by atoms with Gasteiger partial charge in [-0.2, -0.15) is 13.2 Å². The molecule has 3 nitrogen and oxygen atoms in total. The number of halogens is 3. The first-order valence-electron chi connectivity index (χ1n) is 7.19. The van der Waals surface area contributed by atoms with Crippen LogP contribution in [-0.2, 0) is 6.18 Å². The van der Waals surface area contributed by atoms with E-state index in [0.29, 0.717) is 23.6 Å². The number of nitrogens with zero attached hydrogens (tertiary/aromatic N) is 1. The van der Waals surface area contributed by atoms with Crippen molar-refractivity contribution in [2.75, 3.05) is 6.54 Å². The Balaban J connectivity index is 2.18. The normalized spacial score (nSPS) is 11.6. The smallest absolute Gasteiger partial charge is 0.352 e. The molecule has 0 unspecified atom stereocenters. The minimum Gasteiger partial charge on any atom is -0.352 e. The van der Waals surface area contributed by atoms with Crippen molar-refractivity contribution >= 4 is 5.91 Å². The maximum atomic E-state index is 12.7. The summed E-state index contributed by atoms with van der Waals surface area (Å²) < 4.78 is 38.2. The highest BCUT2D eigenvalue weighted by Gasteiger charge is 2.30. The molecule has 122 valence electrons. The Morgan fingerprint density at radius 1 is 1.17 bits per heavy atom. The minimum atomic E-state index is -4.41. The maximum Gasteiger partial charge on any atom is 0.416 e. The molecular formula is C17H17F3N2O. The number of rotatable bonds is 4. The number of nitrogens with one attached hydrogen (secondary N) is 1. The highest BCUT2D eigenvalue weighted by Crippen LogP contribution is 2.31. The van der Waals surface area contributed by atoms with Gasteiger partial charge in [-0.1, -0.05) is 26.0 Å². The van der Waals surface area contributed by atoms with E-state index in [9.17, 15) is 18.0 Å². The molecule has 0 spiro atoms.